The Morgan fingerprint density at radius 1 is 1.11 bits per heavy atom. The summed E-state index contributed by atoms with van der Waals surface area (Å²) in [5.41, 5.74) is 1.23. The summed E-state index contributed by atoms with van der Waals surface area (Å²) >= 11 is 5.18. The van der Waals surface area contributed by atoms with Gasteiger partial charge < -0.3 is 5.11 Å². The van der Waals surface area contributed by atoms with E-state index in [1.54, 1.807) is 11.3 Å². The van der Waals surface area contributed by atoms with Gasteiger partial charge in [-0.05, 0) is 40.9 Å². The Hall–Kier alpha value is 0.140. The van der Waals surface area contributed by atoms with Crippen LogP contribution in [0.3, 0.4) is 0 Å². The van der Waals surface area contributed by atoms with Crippen molar-refractivity contribution in [2.45, 2.75) is 77.7 Å². The highest BCUT2D eigenvalue weighted by atomic mass is 79.9. The predicted octanol–water partition coefficient (Wildman–Crippen LogP) is 6.38. The standard InChI is InChI=1S/C16H27BrOS/c1-3-4-5-6-7-8-9-10-11-14(18)15-12-13(2)16(17)19-15/h12,14,18H,3-11H2,1-2H3. The Labute approximate surface area is 130 Å². The van der Waals surface area contributed by atoms with E-state index in [9.17, 15) is 5.11 Å². The first-order valence-electron chi connectivity index (χ1n) is 7.59. The molecule has 0 spiro atoms. The average Bonchev–Trinajstić information content (AvgIpc) is 2.73. The third-order valence-corrected chi connectivity index (χ3v) is 5.77. The van der Waals surface area contributed by atoms with E-state index in [1.807, 2.05) is 0 Å². The van der Waals surface area contributed by atoms with Crippen LogP contribution in [-0.4, -0.2) is 5.11 Å². The minimum absolute atomic E-state index is 0.268. The number of aliphatic hydroxyl groups excluding tert-OH is 1. The van der Waals surface area contributed by atoms with Crippen LogP contribution in [0, 0.1) is 6.92 Å². The number of hydrogen-bond acceptors (Lipinski definition) is 2. The normalized spacial score (nSPS) is 12.8. The molecule has 1 aromatic rings. The van der Waals surface area contributed by atoms with Crippen molar-refractivity contribution < 1.29 is 5.11 Å². The maximum Gasteiger partial charge on any atom is 0.0882 e. The van der Waals surface area contributed by atoms with Crippen LogP contribution in [0.15, 0.2) is 9.85 Å². The lowest BCUT2D eigenvalue weighted by molar-refractivity contribution is 0.167. The second kappa shape index (κ2) is 9.95. The fraction of sp³-hybridized carbons (Fsp3) is 0.750. The zero-order valence-electron chi connectivity index (χ0n) is 12.3. The fourth-order valence-electron chi connectivity index (χ4n) is 2.26. The summed E-state index contributed by atoms with van der Waals surface area (Å²) < 4.78 is 1.15. The molecule has 19 heavy (non-hydrogen) atoms. The molecule has 0 saturated heterocycles. The van der Waals surface area contributed by atoms with Crippen LogP contribution in [0.2, 0.25) is 0 Å². The van der Waals surface area contributed by atoms with E-state index in [1.165, 1.54) is 50.5 Å². The van der Waals surface area contributed by atoms with Gasteiger partial charge in [0.25, 0.3) is 0 Å². The summed E-state index contributed by atoms with van der Waals surface area (Å²) in [4.78, 5) is 1.10. The predicted molar refractivity (Wildman–Crippen MR) is 88.9 cm³/mol. The van der Waals surface area contributed by atoms with E-state index in [2.05, 4.69) is 35.8 Å². The highest BCUT2D eigenvalue weighted by molar-refractivity contribution is 9.11. The molecule has 0 amide bonds. The Morgan fingerprint density at radius 2 is 1.68 bits per heavy atom. The molecule has 0 aliphatic rings. The molecule has 0 aromatic carbocycles. The number of rotatable bonds is 10. The number of aliphatic hydroxyl groups is 1. The molecule has 0 aliphatic heterocycles. The molecule has 1 heterocycles. The molecule has 1 unspecified atom stereocenters. The Kier molecular flexibility index (Phi) is 9.01. The fourth-order valence-corrected chi connectivity index (χ4v) is 3.85. The number of unbranched alkanes of at least 4 members (excludes halogenated alkanes) is 7. The molecule has 0 radical (unpaired) electrons. The number of halogens is 1. The van der Waals surface area contributed by atoms with Crippen LogP contribution >= 0.6 is 27.3 Å². The lowest BCUT2D eigenvalue weighted by Crippen LogP contribution is -1.94. The smallest absolute Gasteiger partial charge is 0.0882 e. The van der Waals surface area contributed by atoms with Gasteiger partial charge in [0.2, 0.25) is 0 Å². The molecule has 0 aliphatic carbocycles. The Balaban J connectivity index is 2.06. The first-order valence-corrected chi connectivity index (χ1v) is 9.20. The molecule has 110 valence electrons. The van der Waals surface area contributed by atoms with Crippen LogP contribution in [-0.2, 0) is 0 Å². The summed E-state index contributed by atoms with van der Waals surface area (Å²) in [5, 5.41) is 10.1. The minimum Gasteiger partial charge on any atom is -0.388 e. The van der Waals surface area contributed by atoms with Crippen LogP contribution in [0.25, 0.3) is 0 Å². The molecule has 1 atom stereocenters. The van der Waals surface area contributed by atoms with E-state index in [4.69, 9.17) is 0 Å². The summed E-state index contributed by atoms with van der Waals surface area (Å²) in [6.07, 6.45) is 11.2. The van der Waals surface area contributed by atoms with Crippen molar-refractivity contribution in [2.75, 3.05) is 0 Å². The number of aryl methyl sites for hydroxylation is 1. The monoisotopic (exact) mass is 346 g/mol. The topological polar surface area (TPSA) is 20.2 Å². The lowest BCUT2D eigenvalue weighted by Gasteiger charge is -2.08. The molecule has 0 fully saturated rings. The van der Waals surface area contributed by atoms with Gasteiger partial charge in [0.05, 0.1) is 9.89 Å². The van der Waals surface area contributed by atoms with Crippen molar-refractivity contribution in [3.63, 3.8) is 0 Å². The van der Waals surface area contributed by atoms with Crippen molar-refractivity contribution in [1.82, 2.24) is 0 Å². The molecule has 3 heteroatoms. The SMILES string of the molecule is CCCCCCCCCCC(O)c1cc(C)c(Br)s1. The maximum absolute atomic E-state index is 10.1. The van der Waals surface area contributed by atoms with Gasteiger partial charge in [-0.1, -0.05) is 58.3 Å². The van der Waals surface area contributed by atoms with Gasteiger partial charge in [0.1, 0.15) is 0 Å². The second-order valence-corrected chi connectivity index (χ2v) is 7.79. The first-order chi connectivity index (χ1) is 9.15. The summed E-state index contributed by atoms with van der Waals surface area (Å²) in [5.74, 6) is 0. The first kappa shape index (κ1) is 17.2. The van der Waals surface area contributed by atoms with Crippen LogP contribution in [0.5, 0.6) is 0 Å². The van der Waals surface area contributed by atoms with Gasteiger partial charge >= 0.3 is 0 Å². The minimum atomic E-state index is -0.268. The number of thiophene rings is 1. The van der Waals surface area contributed by atoms with Crippen molar-refractivity contribution in [3.05, 3.63) is 20.3 Å². The van der Waals surface area contributed by atoms with Crippen molar-refractivity contribution in [2.24, 2.45) is 0 Å². The summed E-state index contributed by atoms with van der Waals surface area (Å²) in [7, 11) is 0. The molecular formula is C16H27BrOS. The van der Waals surface area contributed by atoms with E-state index >= 15 is 0 Å². The number of hydrogen-bond donors (Lipinski definition) is 1. The third-order valence-electron chi connectivity index (χ3n) is 3.54. The van der Waals surface area contributed by atoms with Gasteiger partial charge in [-0.25, -0.2) is 0 Å². The summed E-state index contributed by atoms with van der Waals surface area (Å²) in [6, 6.07) is 2.10. The molecule has 1 rings (SSSR count). The maximum atomic E-state index is 10.1. The Morgan fingerprint density at radius 3 is 2.21 bits per heavy atom. The van der Waals surface area contributed by atoms with E-state index < -0.39 is 0 Å². The van der Waals surface area contributed by atoms with E-state index in [-0.39, 0.29) is 6.10 Å². The molecule has 1 aromatic heterocycles. The zero-order valence-corrected chi connectivity index (χ0v) is 14.7. The molecule has 0 saturated carbocycles. The van der Waals surface area contributed by atoms with Crippen molar-refractivity contribution in [3.8, 4) is 0 Å². The summed E-state index contributed by atoms with van der Waals surface area (Å²) in [6.45, 7) is 4.33. The largest absolute Gasteiger partial charge is 0.388 e. The molecular weight excluding hydrogens is 320 g/mol. The van der Waals surface area contributed by atoms with Crippen LogP contribution in [0.4, 0.5) is 0 Å². The molecule has 1 N–H and O–H groups in total. The van der Waals surface area contributed by atoms with Crippen LogP contribution in [0.1, 0.15) is 81.3 Å². The van der Waals surface area contributed by atoms with Crippen molar-refractivity contribution in [1.29, 1.82) is 0 Å². The second-order valence-electron chi connectivity index (χ2n) is 5.38. The van der Waals surface area contributed by atoms with E-state index in [0.717, 1.165) is 21.5 Å². The van der Waals surface area contributed by atoms with Gasteiger partial charge in [-0.2, -0.15) is 0 Å². The van der Waals surface area contributed by atoms with Crippen molar-refractivity contribution >= 4 is 27.3 Å². The highest BCUT2D eigenvalue weighted by Gasteiger charge is 2.11. The highest BCUT2D eigenvalue weighted by Crippen LogP contribution is 2.33. The van der Waals surface area contributed by atoms with Gasteiger partial charge in [0, 0.05) is 4.88 Å². The zero-order chi connectivity index (χ0) is 14.1. The van der Waals surface area contributed by atoms with Gasteiger partial charge in [0.15, 0.2) is 0 Å². The molecule has 0 bridgehead atoms. The van der Waals surface area contributed by atoms with Crippen LogP contribution < -0.4 is 0 Å². The molecule has 1 nitrogen and oxygen atoms in total. The van der Waals surface area contributed by atoms with Gasteiger partial charge in [-0.3, -0.25) is 0 Å². The van der Waals surface area contributed by atoms with E-state index in [0.29, 0.717) is 0 Å². The average molecular weight is 347 g/mol. The quantitative estimate of drug-likeness (QED) is 0.487. The Bertz CT molecular complexity index is 329. The van der Waals surface area contributed by atoms with Gasteiger partial charge in [-0.15, -0.1) is 11.3 Å². The lowest BCUT2D eigenvalue weighted by atomic mass is 10.0. The third kappa shape index (κ3) is 6.92.